The summed E-state index contributed by atoms with van der Waals surface area (Å²) < 4.78 is 12.5. The molecule has 31 heavy (non-hydrogen) atoms. The van der Waals surface area contributed by atoms with Crippen LogP contribution in [0.2, 0.25) is 0 Å². The van der Waals surface area contributed by atoms with Gasteiger partial charge in [-0.3, -0.25) is 14.3 Å². The molecule has 0 radical (unpaired) electrons. The van der Waals surface area contributed by atoms with Gasteiger partial charge in [-0.05, 0) is 35.9 Å². The van der Waals surface area contributed by atoms with Crippen LogP contribution >= 0.6 is 0 Å². The van der Waals surface area contributed by atoms with Gasteiger partial charge in [-0.1, -0.05) is 30.3 Å². The fourth-order valence-electron chi connectivity index (χ4n) is 3.34. The van der Waals surface area contributed by atoms with Gasteiger partial charge in [0.25, 0.3) is 11.8 Å². The van der Waals surface area contributed by atoms with Crippen LogP contribution in [0.3, 0.4) is 0 Å². The molecule has 1 fully saturated rings. The van der Waals surface area contributed by atoms with Gasteiger partial charge in [0.2, 0.25) is 0 Å². The molecule has 2 amide bonds. The normalized spacial score (nSPS) is 13.6. The number of carbonyl (C=O) groups excluding carboxylic acids is 2. The molecule has 8 heteroatoms. The summed E-state index contributed by atoms with van der Waals surface area (Å²) in [6.45, 7) is 2.27. The minimum Gasteiger partial charge on any atom is -0.484 e. The largest absolute Gasteiger partial charge is 0.484 e. The van der Waals surface area contributed by atoms with E-state index >= 15 is 0 Å². The average Bonchev–Trinajstić information content (AvgIpc) is 3.21. The number of aromatic nitrogens is 2. The van der Waals surface area contributed by atoms with Crippen LogP contribution in [0.25, 0.3) is 11.3 Å². The fraction of sp³-hybridized carbons (Fsp3) is 0.261. The van der Waals surface area contributed by atoms with E-state index in [1.807, 2.05) is 37.4 Å². The molecule has 1 N–H and O–H groups in total. The van der Waals surface area contributed by atoms with E-state index in [-0.39, 0.29) is 18.4 Å². The SMILES string of the molecule is Cn1nc(C(=O)Nc2ccc(OCC(=O)N3CCOCC3)cc2)cc1-c1ccccc1. The lowest BCUT2D eigenvalue weighted by molar-refractivity contribution is -0.137. The average molecular weight is 420 g/mol. The number of amides is 2. The Labute approximate surface area is 180 Å². The maximum atomic E-state index is 12.6. The van der Waals surface area contributed by atoms with E-state index < -0.39 is 0 Å². The second kappa shape index (κ2) is 9.44. The van der Waals surface area contributed by atoms with Crippen LogP contribution in [0.15, 0.2) is 60.7 Å². The van der Waals surface area contributed by atoms with Crippen molar-refractivity contribution >= 4 is 17.5 Å². The van der Waals surface area contributed by atoms with Crippen molar-refractivity contribution in [3.8, 4) is 17.0 Å². The summed E-state index contributed by atoms with van der Waals surface area (Å²) in [5.41, 5.74) is 2.80. The van der Waals surface area contributed by atoms with Crippen molar-refractivity contribution in [2.24, 2.45) is 7.05 Å². The van der Waals surface area contributed by atoms with Crippen molar-refractivity contribution in [1.82, 2.24) is 14.7 Å². The third kappa shape index (κ3) is 5.10. The number of aryl methyl sites for hydroxylation is 1. The molecule has 2 heterocycles. The summed E-state index contributed by atoms with van der Waals surface area (Å²) in [6, 6.07) is 18.4. The van der Waals surface area contributed by atoms with E-state index in [2.05, 4.69) is 10.4 Å². The summed E-state index contributed by atoms with van der Waals surface area (Å²) in [5.74, 6) is 0.197. The van der Waals surface area contributed by atoms with Gasteiger partial charge in [-0.25, -0.2) is 0 Å². The molecule has 3 aromatic rings. The summed E-state index contributed by atoms with van der Waals surface area (Å²) in [5, 5.41) is 7.16. The Morgan fingerprint density at radius 1 is 1.06 bits per heavy atom. The number of carbonyl (C=O) groups is 2. The quantitative estimate of drug-likeness (QED) is 0.663. The van der Waals surface area contributed by atoms with E-state index in [0.717, 1.165) is 11.3 Å². The van der Waals surface area contributed by atoms with Gasteiger partial charge >= 0.3 is 0 Å². The standard InChI is InChI=1S/C23H24N4O4/c1-26-21(17-5-3-2-4-6-17)15-20(25-26)23(29)24-18-7-9-19(10-8-18)31-16-22(28)27-11-13-30-14-12-27/h2-10,15H,11-14,16H2,1H3,(H,24,29). The van der Waals surface area contributed by atoms with Gasteiger partial charge in [-0.2, -0.15) is 5.10 Å². The number of ether oxygens (including phenoxy) is 2. The molecule has 4 rings (SSSR count). The molecule has 0 atom stereocenters. The maximum absolute atomic E-state index is 12.6. The van der Waals surface area contributed by atoms with Crippen molar-refractivity contribution in [2.75, 3.05) is 38.2 Å². The number of morpholine rings is 1. The summed E-state index contributed by atoms with van der Waals surface area (Å²) in [4.78, 5) is 26.5. The fourth-order valence-corrected chi connectivity index (χ4v) is 3.34. The first-order chi connectivity index (χ1) is 15.1. The Morgan fingerprint density at radius 2 is 1.77 bits per heavy atom. The van der Waals surface area contributed by atoms with Crippen LogP contribution in [-0.2, 0) is 16.6 Å². The maximum Gasteiger partial charge on any atom is 0.276 e. The molecule has 1 aliphatic rings. The van der Waals surface area contributed by atoms with Crippen molar-refractivity contribution in [1.29, 1.82) is 0 Å². The lowest BCUT2D eigenvalue weighted by Gasteiger charge is -2.26. The van der Waals surface area contributed by atoms with Crippen molar-refractivity contribution in [2.45, 2.75) is 0 Å². The molecule has 8 nitrogen and oxygen atoms in total. The number of rotatable bonds is 6. The molecule has 160 valence electrons. The first-order valence-electron chi connectivity index (χ1n) is 10.1. The topological polar surface area (TPSA) is 85.7 Å². The second-order valence-electron chi connectivity index (χ2n) is 7.16. The first kappa shape index (κ1) is 20.6. The van der Waals surface area contributed by atoms with Crippen molar-refractivity contribution in [3.63, 3.8) is 0 Å². The molecule has 1 aromatic heterocycles. The monoisotopic (exact) mass is 420 g/mol. The molecular weight excluding hydrogens is 396 g/mol. The Morgan fingerprint density at radius 3 is 2.48 bits per heavy atom. The van der Waals surface area contributed by atoms with Crippen molar-refractivity contribution in [3.05, 3.63) is 66.4 Å². The van der Waals surface area contributed by atoms with Crippen LogP contribution in [0.5, 0.6) is 5.75 Å². The van der Waals surface area contributed by atoms with Gasteiger partial charge < -0.3 is 19.7 Å². The number of hydrogen-bond acceptors (Lipinski definition) is 5. The minimum absolute atomic E-state index is 0.0259. The van der Waals surface area contributed by atoms with E-state index in [4.69, 9.17) is 9.47 Å². The number of hydrogen-bond donors (Lipinski definition) is 1. The zero-order valence-electron chi connectivity index (χ0n) is 17.3. The predicted molar refractivity (Wildman–Crippen MR) is 116 cm³/mol. The number of nitrogens with one attached hydrogen (secondary N) is 1. The molecule has 0 saturated carbocycles. The predicted octanol–water partition coefficient (Wildman–Crippen LogP) is 2.58. The lowest BCUT2D eigenvalue weighted by atomic mass is 10.1. The Hall–Kier alpha value is -3.65. The zero-order chi connectivity index (χ0) is 21.6. The van der Waals surface area contributed by atoms with Gasteiger partial charge in [0.15, 0.2) is 12.3 Å². The highest BCUT2D eigenvalue weighted by Crippen LogP contribution is 2.21. The molecule has 0 aliphatic carbocycles. The number of benzene rings is 2. The van der Waals surface area contributed by atoms with Gasteiger partial charge in [0, 0.05) is 25.8 Å². The zero-order valence-corrected chi connectivity index (χ0v) is 17.3. The molecule has 2 aromatic carbocycles. The summed E-state index contributed by atoms with van der Waals surface area (Å²) in [7, 11) is 1.81. The van der Waals surface area contributed by atoms with Crippen LogP contribution in [-0.4, -0.2) is 59.4 Å². The Bertz CT molecular complexity index is 1040. The highest BCUT2D eigenvalue weighted by atomic mass is 16.5. The molecular formula is C23H24N4O4. The van der Waals surface area contributed by atoms with Crippen molar-refractivity contribution < 1.29 is 19.1 Å². The molecule has 1 saturated heterocycles. The Balaban J connectivity index is 1.33. The third-order valence-electron chi connectivity index (χ3n) is 5.02. The highest BCUT2D eigenvalue weighted by molar-refractivity contribution is 6.03. The van der Waals surface area contributed by atoms with Crippen LogP contribution in [0.1, 0.15) is 10.5 Å². The molecule has 1 aliphatic heterocycles. The van der Waals surface area contributed by atoms with Crippen LogP contribution in [0.4, 0.5) is 5.69 Å². The van der Waals surface area contributed by atoms with Gasteiger partial charge in [0.05, 0.1) is 18.9 Å². The van der Waals surface area contributed by atoms with E-state index in [0.29, 0.717) is 43.4 Å². The third-order valence-corrected chi connectivity index (χ3v) is 5.02. The first-order valence-corrected chi connectivity index (χ1v) is 10.1. The van der Waals surface area contributed by atoms with Gasteiger partial charge in [-0.15, -0.1) is 0 Å². The van der Waals surface area contributed by atoms with Crippen LogP contribution < -0.4 is 10.1 Å². The van der Waals surface area contributed by atoms with E-state index in [1.54, 1.807) is 39.9 Å². The highest BCUT2D eigenvalue weighted by Gasteiger charge is 2.17. The smallest absolute Gasteiger partial charge is 0.276 e. The Kier molecular flexibility index (Phi) is 6.28. The molecule has 0 unspecified atom stereocenters. The number of nitrogens with zero attached hydrogens (tertiary/aromatic N) is 3. The molecule has 0 spiro atoms. The van der Waals surface area contributed by atoms with Gasteiger partial charge in [0.1, 0.15) is 5.75 Å². The van der Waals surface area contributed by atoms with E-state index in [9.17, 15) is 9.59 Å². The molecule has 0 bridgehead atoms. The lowest BCUT2D eigenvalue weighted by Crippen LogP contribution is -2.42. The second-order valence-corrected chi connectivity index (χ2v) is 7.16. The minimum atomic E-state index is -0.297. The van der Waals surface area contributed by atoms with E-state index in [1.165, 1.54) is 0 Å². The summed E-state index contributed by atoms with van der Waals surface area (Å²) in [6.07, 6.45) is 0. The van der Waals surface area contributed by atoms with Crippen LogP contribution in [0, 0.1) is 0 Å². The number of anilines is 1. The summed E-state index contributed by atoms with van der Waals surface area (Å²) >= 11 is 0.